The summed E-state index contributed by atoms with van der Waals surface area (Å²) in [6, 6.07) is 10.6. The summed E-state index contributed by atoms with van der Waals surface area (Å²) >= 11 is 0. The predicted molar refractivity (Wildman–Crippen MR) is 117 cm³/mol. The largest absolute Gasteiger partial charge is 0.466 e. The lowest BCUT2D eigenvalue weighted by molar-refractivity contribution is -0.146. The SMILES string of the molecule is CCOC(=O)CCC(=O)N(Cc1ccc(OS(=O)(=O)c2ccc(F)cc2)cc1)[C@@H](C)CC. The van der Waals surface area contributed by atoms with E-state index in [2.05, 4.69) is 0 Å². The zero-order valence-electron chi connectivity index (χ0n) is 18.4. The third kappa shape index (κ3) is 7.33. The number of hydrogen-bond donors (Lipinski definition) is 0. The number of carbonyl (C=O) groups excluding carboxylic acids is 2. The molecule has 0 saturated carbocycles. The molecular weight excluding hydrogens is 437 g/mol. The second kappa shape index (κ2) is 11.6. The lowest BCUT2D eigenvalue weighted by Crippen LogP contribution is -2.38. The quantitative estimate of drug-likeness (QED) is 0.367. The molecule has 7 nitrogen and oxygen atoms in total. The van der Waals surface area contributed by atoms with Gasteiger partial charge in [-0.05, 0) is 62.2 Å². The number of halogens is 1. The van der Waals surface area contributed by atoms with Crippen LogP contribution in [0, 0.1) is 5.82 Å². The Morgan fingerprint density at radius 1 is 1.00 bits per heavy atom. The number of nitrogens with zero attached hydrogens (tertiary/aromatic N) is 1. The minimum absolute atomic E-state index is 0.0215. The molecule has 1 atom stereocenters. The molecule has 0 bridgehead atoms. The molecule has 0 aromatic heterocycles. The van der Waals surface area contributed by atoms with Gasteiger partial charge in [-0.15, -0.1) is 0 Å². The number of rotatable bonds is 11. The standard InChI is InChI=1S/C23H28FNO6S/c1-4-17(3)25(22(26)14-15-23(27)30-5-2)16-18-6-10-20(11-7-18)31-32(28,29)21-12-8-19(24)9-13-21/h6-13,17H,4-5,14-16H2,1-3H3/t17-/m0/s1. The normalized spacial score (nSPS) is 12.1. The first kappa shape index (κ1) is 25.3. The Balaban J connectivity index is 2.06. The number of carbonyl (C=O) groups is 2. The molecule has 2 rings (SSSR count). The second-order valence-corrected chi connectivity index (χ2v) is 8.77. The van der Waals surface area contributed by atoms with E-state index in [1.165, 1.54) is 12.1 Å². The molecule has 0 spiro atoms. The summed E-state index contributed by atoms with van der Waals surface area (Å²) in [5, 5.41) is 0. The van der Waals surface area contributed by atoms with E-state index in [1.54, 1.807) is 24.0 Å². The van der Waals surface area contributed by atoms with Crippen LogP contribution in [-0.2, 0) is 31.0 Å². The van der Waals surface area contributed by atoms with Gasteiger partial charge in [0.15, 0.2) is 0 Å². The Morgan fingerprint density at radius 3 is 2.19 bits per heavy atom. The van der Waals surface area contributed by atoms with Crippen LogP contribution >= 0.6 is 0 Å². The predicted octanol–water partition coefficient (Wildman–Crippen LogP) is 4.06. The van der Waals surface area contributed by atoms with Crippen molar-refractivity contribution < 1.29 is 31.3 Å². The Morgan fingerprint density at radius 2 is 1.62 bits per heavy atom. The van der Waals surface area contributed by atoms with Gasteiger partial charge in [-0.25, -0.2) is 4.39 Å². The van der Waals surface area contributed by atoms with Crippen LogP contribution in [0.2, 0.25) is 0 Å². The summed E-state index contributed by atoms with van der Waals surface area (Å²) in [6.07, 6.45) is 0.816. The van der Waals surface area contributed by atoms with Crippen LogP contribution < -0.4 is 4.18 Å². The molecule has 0 aliphatic carbocycles. The lowest BCUT2D eigenvalue weighted by Gasteiger charge is -2.29. The Hall–Kier alpha value is -2.94. The van der Waals surface area contributed by atoms with E-state index in [4.69, 9.17) is 8.92 Å². The number of benzene rings is 2. The average molecular weight is 466 g/mol. The van der Waals surface area contributed by atoms with Crippen molar-refractivity contribution in [1.29, 1.82) is 0 Å². The minimum Gasteiger partial charge on any atom is -0.466 e. The third-order valence-corrected chi connectivity index (χ3v) is 6.14. The molecule has 2 aromatic rings. The van der Waals surface area contributed by atoms with E-state index in [9.17, 15) is 22.4 Å². The minimum atomic E-state index is -4.09. The van der Waals surface area contributed by atoms with Crippen LogP contribution in [0.5, 0.6) is 5.75 Å². The van der Waals surface area contributed by atoms with Crippen molar-refractivity contribution in [3.05, 3.63) is 59.9 Å². The molecule has 174 valence electrons. The fourth-order valence-corrected chi connectivity index (χ4v) is 3.85. The van der Waals surface area contributed by atoms with Crippen molar-refractivity contribution in [3.8, 4) is 5.75 Å². The maximum atomic E-state index is 13.0. The van der Waals surface area contributed by atoms with E-state index in [-0.39, 0.29) is 42.0 Å². The Kier molecular flexibility index (Phi) is 9.19. The van der Waals surface area contributed by atoms with Crippen LogP contribution in [0.15, 0.2) is 53.4 Å². The van der Waals surface area contributed by atoms with Crippen LogP contribution in [0.25, 0.3) is 0 Å². The molecule has 0 aliphatic heterocycles. The summed E-state index contributed by atoms with van der Waals surface area (Å²) in [4.78, 5) is 25.8. The fraction of sp³-hybridized carbons (Fsp3) is 0.391. The Labute approximate surface area is 188 Å². The van der Waals surface area contributed by atoms with Gasteiger partial charge < -0.3 is 13.8 Å². The molecular formula is C23H28FNO6S. The zero-order valence-corrected chi connectivity index (χ0v) is 19.2. The first-order chi connectivity index (χ1) is 15.2. The average Bonchev–Trinajstić information content (AvgIpc) is 2.76. The molecule has 0 fully saturated rings. The van der Waals surface area contributed by atoms with Crippen LogP contribution in [0.4, 0.5) is 4.39 Å². The molecule has 0 radical (unpaired) electrons. The Bertz CT molecular complexity index is 1010. The molecule has 0 saturated heterocycles. The number of amides is 1. The van der Waals surface area contributed by atoms with E-state index >= 15 is 0 Å². The monoisotopic (exact) mass is 465 g/mol. The highest BCUT2D eigenvalue weighted by Gasteiger charge is 2.21. The van der Waals surface area contributed by atoms with E-state index in [1.807, 2.05) is 13.8 Å². The maximum Gasteiger partial charge on any atom is 0.339 e. The van der Waals surface area contributed by atoms with Crippen molar-refractivity contribution in [2.75, 3.05) is 6.61 Å². The fourth-order valence-electron chi connectivity index (χ4n) is 2.92. The first-order valence-corrected chi connectivity index (χ1v) is 11.8. The van der Waals surface area contributed by atoms with Gasteiger partial charge in [0.1, 0.15) is 16.5 Å². The van der Waals surface area contributed by atoms with Gasteiger partial charge in [-0.3, -0.25) is 9.59 Å². The van der Waals surface area contributed by atoms with Gasteiger partial charge in [-0.2, -0.15) is 8.42 Å². The van der Waals surface area contributed by atoms with Gasteiger partial charge in [0.2, 0.25) is 5.91 Å². The van der Waals surface area contributed by atoms with Gasteiger partial charge in [-0.1, -0.05) is 19.1 Å². The summed E-state index contributed by atoms with van der Waals surface area (Å²) in [6.45, 7) is 6.18. The van der Waals surface area contributed by atoms with Crippen LogP contribution in [-0.4, -0.2) is 37.8 Å². The van der Waals surface area contributed by atoms with Gasteiger partial charge in [0, 0.05) is 19.0 Å². The molecule has 0 N–H and O–H groups in total. The van der Waals surface area contributed by atoms with Crippen molar-refractivity contribution in [2.45, 2.75) is 57.5 Å². The van der Waals surface area contributed by atoms with Crippen LogP contribution in [0.3, 0.4) is 0 Å². The van der Waals surface area contributed by atoms with E-state index in [0.29, 0.717) is 6.54 Å². The highest BCUT2D eigenvalue weighted by Crippen LogP contribution is 2.21. The molecule has 0 aliphatic rings. The van der Waals surface area contributed by atoms with Crippen molar-refractivity contribution in [2.24, 2.45) is 0 Å². The summed E-state index contributed by atoms with van der Waals surface area (Å²) in [5.41, 5.74) is 0.779. The smallest absolute Gasteiger partial charge is 0.339 e. The highest BCUT2D eigenvalue weighted by atomic mass is 32.2. The van der Waals surface area contributed by atoms with E-state index < -0.39 is 21.9 Å². The second-order valence-electron chi connectivity index (χ2n) is 7.22. The lowest BCUT2D eigenvalue weighted by atomic mass is 10.1. The van der Waals surface area contributed by atoms with Gasteiger partial charge in [0.25, 0.3) is 0 Å². The van der Waals surface area contributed by atoms with Crippen molar-refractivity contribution >= 4 is 22.0 Å². The van der Waals surface area contributed by atoms with Crippen molar-refractivity contribution in [1.82, 2.24) is 4.90 Å². The third-order valence-electron chi connectivity index (χ3n) is 4.88. The molecule has 0 heterocycles. The van der Waals surface area contributed by atoms with Gasteiger partial charge >= 0.3 is 16.1 Å². The molecule has 32 heavy (non-hydrogen) atoms. The van der Waals surface area contributed by atoms with Gasteiger partial charge in [0.05, 0.1) is 13.0 Å². The topological polar surface area (TPSA) is 90.0 Å². The van der Waals surface area contributed by atoms with Crippen LogP contribution in [0.1, 0.15) is 45.6 Å². The molecule has 1 amide bonds. The summed E-state index contributed by atoms with van der Waals surface area (Å²) in [7, 11) is -4.09. The number of hydrogen-bond acceptors (Lipinski definition) is 6. The highest BCUT2D eigenvalue weighted by molar-refractivity contribution is 7.87. The summed E-state index contributed by atoms with van der Waals surface area (Å²) in [5.74, 6) is -1.02. The number of ether oxygens (including phenoxy) is 1. The van der Waals surface area contributed by atoms with Crippen molar-refractivity contribution in [3.63, 3.8) is 0 Å². The molecule has 0 unspecified atom stereocenters. The van der Waals surface area contributed by atoms with E-state index in [0.717, 1.165) is 36.2 Å². The summed E-state index contributed by atoms with van der Waals surface area (Å²) < 4.78 is 47.7. The maximum absolute atomic E-state index is 13.0. The number of esters is 1. The molecule has 9 heteroatoms. The zero-order chi connectivity index (χ0) is 23.7. The molecule has 2 aromatic carbocycles. The first-order valence-electron chi connectivity index (χ1n) is 10.4.